The molecular weight excluding hydrogens is 494 g/mol. The predicted octanol–water partition coefficient (Wildman–Crippen LogP) is 6.06. The molecule has 0 radical (unpaired) electrons. The Morgan fingerprint density at radius 1 is 1.11 bits per heavy atom. The van der Waals surface area contributed by atoms with Crippen molar-refractivity contribution in [1.82, 2.24) is 4.90 Å². The van der Waals surface area contributed by atoms with E-state index in [1.54, 1.807) is 14.2 Å². The summed E-state index contributed by atoms with van der Waals surface area (Å²) in [6.07, 6.45) is 10.1. The van der Waals surface area contributed by atoms with Gasteiger partial charge in [-0.3, -0.25) is 9.69 Å². The summed E-state index contributed by atoms with van der Waals surface area (Å²) in [5.74, 6) is 4.07. The van der Waals surface area contributed by atoms with Crippen molar-refractivity contribution in [2.45, 2.75) is 57.4 Å². The normalized spacial score (nSPS) is 24.4. The third-order valence-corrected chi connectivity index (χ3v) is 9.03. The number of aliphatic hydroxyl groups is 1. The molecule has 3 unspecified atom stereocenters. The Hall–Kier alpha value is -2.29. The standard InChI is InChI=1S/C28H33NO5S2/c1-32-21-12-20(13-22(15-21)33-2)24-14-19(6-4-3-5-9-30)25(34-24)16-26-27(31)29(28(35)36-26)23-11-17-7-8-18(23)10-17/h12-18,23,30H,3-11H2,1-2H3/b26-16-. The van der Waals surface area contributed by atoms with E-state index in [9.17, 15) is 4.79 Å². The number of furan rings is 1. The zero-order valence-electron chi connectivity index (χ0n) is 20.8. The number of ether oxygens (including phenoxy) is 2. The van der Waals surface area contributed by atoms with Gasteiger partial charge in [0.2, 0.25) is 0 Å². The van der Waals surface area contributed by atoms with Crippen LogP contribution in [0.4, 0.5) is 0 Å². The zero-order chi connectivity index (χ0) is 25.2. The molecule has 1 aromatic heterocycles. The van der Waals surface area contributed by atoms with Crippen molar-refractivity contribution in [1.29, 1.82) is 0 Å². The lowest BCUT2D eigenvalue weighted by Gasteiger charge is -2.30. The molecule has 1 aromatic carbocycles. The second-order valence-electron chi connectivity index (χ2n) is 9.93. The van der Waals surface area contributed by atoms with Crippen molar-refractivity contribution in [2.75, 3.05) is 20.8 Å². The largest absolute Gasteiger partial charge is 0.497 e. The lowest BCUT2D eigenvalue weighted by atomic mass is 9.94. The molecule has 2 bridgehead atoms. The van der Waals surface area contributed by atoms with Crippen LogP contribution in [0.1, 0.15) is 56.3 Å². The maximum atomic E-state index is 13.5. The molecule has 5 rings (SSSR count). The molecule has 2 aromatic rings. The zero-order valence-corrected chi connectivity index (χ0v) is 22.5. The third-order valence-electron chi connectivity index (χ3n) is 7.70. The summed E-state index contributed by atoms with van der Waals surface area (Å²) < 4.78 is 17.9. The van der Waals surface area contributed by atoms with Crippen molar-refractivity contribution in [2.24, 2.45) is 11.8 Å². The predicted molar refractivity (Wildman–Crippen MR) is 146 cm³/mol. The quantitative estimate of drug-likeness (QED) is 0.229. The highest BCUT2D eigenvalue weighted by Crippen LogP contribution is 2.49. The van der Waals surface area contributed by atoms with E-state index in [1.807, 2.05) is 35.2 Å². The van der Waals surface area contributed by atoms with E-state index in [4.69, 9.17) is 31.2 Å². The topological polar surface area (TPSA) is 72.1 Å². The molecular formula is C28H33NO5S2. The van der Waals surface area contributed by atoms with E-state index >= 15 is 0 Å². The lowest BCUT2D eigenvalue weighted by Crippen LogP contribution is -2.41. The summed E-state index contributed by atoms with van der Waals surface area (Å²) in [7, 11) is 3.24. The van der Waals surface area contributed by atoms with Gasteiger partial charge in [0, 0.05) is 30.4 Å². The van der Waals surface area contributed by atoms with E-state index in [1.165, 1.54) is 31.0 Å². The number of aliphatic hydroxyl groups excluding tert-OH is 1. The van der Waals surface area contributed by atoms with E-state index in [2.05, 4.69) is 0 Å². The summed E-state index contributed by atoms with van der Waals surface area (Å²) >= 11 is 7.06. The monoisotopic (exact) mass is 527 g/mol. The first-order valence-electron chi connectivity index (χ1n) is 12.7. The average molecular weight is 528 g/mol. The summed E-state index contributed by atoms with van der Waals surface area (Å²) in [5.41, 5.74) is 1.88. The average Bonchev–Trinajstić information content (AvgIpc) is 3.66. The van der Waals surface area contributed by atoms with E-state index in [0.717, 1.165) is 49.1 Å². The Kier molecular flexibility index (Phi) is 7.74. The highest BCUT2D eigenvalue weighted by atomic mass is 32.2. The molecule has 1 aliphatic heterocycles. The molecule has 3 atom stereocenters. The first-order chi connectivity index (χ1) is 17.5. The molecule has 6 nitrogen and oxygen atoms in total. The molecule has 36 heavy (non-hydrogen) atoms. The molecule has 8 heteroatoms. The molecule has 1 N–H and O–H groups in total. The Morgan fingerprint density at radius 2 is 1.89 bits per heavy atom. The first-order valence-corrected chi connectivity index (χ1v) is 14.0. The number of thiocarbonyl (C=S) groups is 1. The first kappa shape index (κ1) is 25.4. The van der Waals surface area contributed by atoms with Gasteiger partial charge in [-0.05, 0) is 74.1 Å². The summed E-state index contributed by atoms with van der Waals surface area (Å²) in [4.78, 5) is 16.0. The fraction of sp³-hybridized carbons (Fsp3) is 0.500. The van der Waals surface area contributed by atoms with Crippen LogP contribution in [0.2, 0.25) is 0 Å². The SMILES string of the molecule is COc1cc(OC)cc(-c2cc(CCCCCO)c(/C=C3\SC(=S)N(C4CC5CCC4C5)C3=O)o2)c1. The second kappa shape index (κ2) is 11.0. The maximum Gasteiger partial charge on any atom is 0.266 e. The van der Waals surface area contributed by atoms with E-state index < -0.39 is 0 Å². The number of aryl methyl sites for hydroxylation is 1. The van der Waals surface area contributed by atoms with E-state index in [-0.39, 0.29) is 18.6 Å². The van der Waals surface area contributed by atoms with Crippen molar-refractivity contribution in [3.8, 4) is 22.8 Å². The Morgan fingerprint density at radius 3 is 2.53 bits per heavy atom. The van der Waals surface area contributed by atoms with Crippen molar-refractivity contribution < 1.29 is 23.8 Å². The Balaban J connectivity index is 1.45. The van der Waals surface area contributed by atoms with Crippen LogP contribution in [0, 0.1) is 11.8 Å². The molecule has 3 fully saturated rings. The van der Waals surface area contributed by atoms with Crippen LogP contribution < -0.4 is 9.47 Å². The number of fused-ring (bicyclic) bond motifs is 2. The van der Waals surface area contributed by atoms with Crippen LogP contribution in [0.25, 0.3) is 17.4 Å². The van der Waals surface area contributed by atoms with Crippen LogP contribution in [0.3, 0.4) is 0 Å². The Bertz CT molecular complexity index is 1150. The smallest absolute Gasteiger partial charge is 0.266 e. The molecule has 2 saturated carbocycles. The van der Waals surface area contributed by atoms with E-state index in [0.29, 0.717) is 38.2 Å². The third kappa shape index (κ3) is 5.08. The number of carbonyl (C=O) groups is 1. The van der Waals surface area contributed by atoms with Gasteiger partial charge < -0.3 is 19.0 Å². The number of benzene rings is 1. The maximum absolute atomic E-state index is 13.5. The van der Waals surface area contributed by atoms with Crippen LogP contribution in [0.5, 0.6) is 11.5 Å². The van der Waals surface area contributed by atoms with Crippen LogP contribution >= 0.6 is 24.0 Å². The van der Waals surface area contributed by atoms with Gasteiger partial charge in [0.25, 0.3) is 5.91 Å². The summed E-state index contributed by atoms with van der Waals surface area (Å²) in [5, 5.41) is 9.16. The molecule has 3 aliphatic rings. The number of thioether (sulfide) groups is 1. The van der Waals surface area contributed by atoms with Crippen LogP contribution in [-0.4, -0.2) is 47.1 Å². The van der Waals surface area contributed by atoms with Gasteiger partial charge in [0.05, 0.1) is 19.1 Å². The molecule has 2 aliphatic carbocycles. The van der Waals surface area contributed by atoms with Gasteiger partial charge in [-0.1, -0.05) is 36.8 Å². The minimum atomic E-state index is 0.00906. The second-order valence-corrected chi connectivity index (χ2v) is 11.6. The number of amides is 1. The van der Waals surface area contributed by atoms with Gasteiger partial charge in [-0.25, -0.2) is 0 Å². The van der Waals surface area contributed by atoms with Gasteiger partial charge >= 0.3 is 0 Å². The number of carbonyl (C=O) groups excluding carboxylic acids is 1. The highest BCUT2D eigenvalue weighted by Gasteiger charge is 2.48. The van der Waals surface area contributed by atoms with Gasteiger partial charge in [-0.15, -0.1) is 0 Å². The number of unbranched alkanes of at least 4 members (excludes halogenated alkanes) is 2. The van der Waals surface area contributed by atoms with Crippen molar-refractivity contribution in [3.63, 3.8) is 0 Å². The number of hydrogen-bond acceptors (Lipinski definition) is 7. The van der Waals surface area contributed by atoms with Gasteiger partial charge in [0.15, 0.2) is 0 Å². The van der Waals surface area contributed by atoms with Crippen molar-refractivity contribution >= 4 is 40.3 Å². The summed E-state index contributed by atoms with van der Waals surface area (Å²) in [6.45, 7) is 0.193. The number of rotatable bonds is 10. The molecule has 0 spiro atoms. The molecule has 2 heterocycles. The molecule has 1 saturated heterocycles. The summed E-state index contributed by atoms with van der Waals surface area (Å²) in [6, 6.07) is 7.93. The van der Waals surface area contributed by atoms with Gasteiger partial charge in [-0.2, -0.15) is 0 Å². The van der Waals surface area contributed by atoms with Crippen LogP contribution in [0.15, 0.2) is 33.6 Å². The molecule has 1 amide bonds. The fourth-order valence-electron chi connectivity index (χ4n) is 5.87. The number of nitrogens with zero attached hydrogens (tertiary/aromatic N) is 1. The minimum Gasteiger partial charge on any atom is -0.497 e. The fourth-order valence-corrected chi connectivity index (χ4v) is 7.21. The molecule has 192 valence electrons. The highest BCUT2D eigenvalue weighted by molar-refractivity contribution is 8.26. The lowest BCUT2D eigenvalue weighted by molar-refractivity contribution is -0.124. The number of methoxy groups -OCH3 is 2. The number of hydrogen-bond donors (Lipinski definition) is 1. The Labute approximate surface area is 222 Å². The van der Waals surface area contributed by atoms with Crippen molar-refractivity contribution in [3.05, 3.63) is 40.5 Å². The minimum absolute atomic E-state index is 0.00906. The van der Waals surface area contributed by atoms with Gasteiger partial charge in [0.1, 0.15) is 27.3 Å². The van der Waals surface area contributed by atoms with Crippen LogP contribution in [-0.2, 0) is 11.2 Å².